The predicted octanol–water partition coefficient (Wildman–Crippen LogP) is 2.73. The van der Waals surface area contributed by atoms with Crippen molar-refractivity contribution in [2.75, 3.05) is 6.61 Å². The number of ether oxygens (including phenoxy) is 2. The minimum Gasteiger partial charge on any atom is -0.463 e. The van der Waals surface area contributed by atoms with Gasteiger partial charge in [-0.15, -0.1) is 11.3 Å². The molecule has 0 bridgehead atoms. The molecule has 1 aliphatic rings. The molecule has 1 aliphatic heterocycles. The first kappa shape index (κ1) is 14.6. The maximum Gasteiger partial charge on any atom is 0.351 e. The van der Waals surface area contributed by atoms with E-state index in [1.54, 1.807) is 19.1 Å². The van der Waals surface area contributed by atoms with Gasteiger partial charge in [-0.2, -0.15) is 0 Å². The van der Waals surface area contributed by atoms with E-state index in [0.717, 1.165) is 11.3 Å². The van der Waals surface area contributed by atoms with Crippen LogP contribution < -0.4 is 0 Å². The van der Waals surface area contributed by atoms with Gasteiger partial charge in [0.05, 0.1) is 12.3 Å². The number of rotatable bonds is 3. The maximum atomic E-state index is 12.9. The summed E-state index contributed by atoms with van der Waals surface area (Å²) in [7, 11) is 0. The number of cyclic esters (lactones) is 1. The van der Waals surface area contributed by atoms with Crippen LogP contribution in [0.5, 0.6) is 0 Å². The molecule has 1 aromatic heterocycles. The average molecular weight is 321 g/mol. The van der Waals surface area contributed by atoms with Crippen LogP contribution in [0.3, 0.4) is 0 Å². The number of hydrogen-bond acceptors (Lipinski definition) is 6. The Morgan fingerprint density at radius 2 is 2.14 bits per heavy atom. The molecule has 0 amide bonds. The lowest BCUT2D eigenvalue weighted by atomic mass is 10.2. The Morgan fingerprint density at radius 1 is 1.41 bits per heavy atom. The molecule has 1 saturated heterocycles. The molecule has 2 heterocycles. The molecule has 1 atom stereocenters. The number of thiazole rings is 1. The molecule has 0 saturated carbocycles. The Labute approximate surface area is 129 Å². The molecule has 114 valence electrons. The van der Waals surface area contributed by atoms with E-state index >= 15 is 0 Å². The van der Waals surface area contributed by atoms with Gasteiger partial charge in [-0.3, -0.25) is 0 Å². The maximum absolute atomic E-state index is 12.9. The van der Waals surface area contributed by atoms with Crippen LogP contribution in [0.25, 0.3) is 10.6 Å². The monoisotopic (exact) mass is 321 g/mol. The van der Waals surface area contributed by atoms with Crippen molar-refractivity contribution in [3.8, 4) is 10.6 Å². The molecule has 7 heteroatoms. The van der Waals surface area contributed by atoms with Crippen LogP contribution >= 0.6 is 11.3 Å². The van der Waals surface area contributed by atoms with E-state index in [1.807, 2.05) is 0 Å². The van der Waals surface area contributed by atoms with E-state index in [4.69, 9.17) is 9.47 Å². The molecular weight excluding hydrogens is 309 g/mol. The number of aromatic nitrogens is 1. The minimum atomic E-state index is -0.844. The molecule has 0 spiro atoms. The molecular formula is C15H12FNO4S. The Kier molecular flexibility index (Phi) is 3.89. The van der Waals surface area contributed by atoms with Crippen molar-refractivity contribution >= 4 is 23.3 Å². The zero-order valence-corrected chi connectivity index (χ0v) is 12.5. The van der Waals surface area contributed by atoms with Gasteiger partial charge in [-0.25, -0.2) is 19.0 Å². The van der Waals surface area contributed by atoms with E-state index < -0.39 is 18.0 Å². The smallest absolute Gasteiger partial charge is 0.351 e. The lowest BCUT2D eigenvalue weighted by molar-refractivity contribution is -0.145. The Balaban J connectivity index is 1.81. The third kappa shape index (κ3) is 2.85. The van der Waals surface area contributed by atoms with Gasteiger partial charge in [-0.1, -0.05) is 0 Å². The van der Waals surface area contributed by atoms with Gasteiger partial charge >= 0.3 is 11.9 Å². The number of esters is 2. The van der Waals surface area contributed by atoms with Crippen LogP contribution in [0.1, 0.15) is 21.8 Å². The van der Waals surface area contributed by atoms with Crippen molar-refractivity contribution in [3.05, 3.63) is 40.7 Å². The van der Waals surface area contributed by atoms with Crippen LogP contribution in [0, 0.1) is 12.7 Å². The highest BCUT2D eigenvalue weighted by Gasteiger charge is 2.31. The summed E-state index contributed by atoms with van der Waals surface area (Å²) in [5.41, 5.74) is 1.23. The zero-order valence-electron chi connectivity index (χ0n) is 11.7. The highest BCUT2D eigenvalue weighted by molar-refractivity contribution is 7.17. The Bertz CT molecular complexity index is 726. The largest absolute Gasteiger partial charge is 0.463 e. The summed E-state index contributed by atoms with van der Waals surface area (Å²) in [6, 6.07) is 5.85. The number of carbonyl (C=O) groups excluding carboxylic acids is 2. The highest BCUT2D eigenvalue weighted by Crippen LogP contribution is 2.29. The third-order valence-corrected chi connectivity index (χ3v) is 4.40. The number of halogens is 1. The SMILES string of the molecule is Cc1nc(-c2ccc(F)cc2)sc1C(=O)OC1CCOC1=O. The number of aryl methyl sites for hydroxylation is 1. The summed E-state index contributed by atoms with van der Waals surface area (Å²) >= 11 is 1.15. The summed E-state index contributed by atoms with van der Waals surface area (Å²) in [4.78, 5) is 28.1. The zero-order chi connectivity index (χ0) is 15.7. The molecule has 0 N–H and O–H groups in total. The summed E-state index contributed by atoms with van der Waals surface area (Å²) < 4.78 is 22.9. The van der Waals surface area contributed by atoms with Crippen molar-refractivity contribution in [2.45, 2.75) is 19.4 Å². The first-order valence-corrected chi connectivity index (χ1v) is 7.47. The van der Waals surface area contributed by atoms with Gasteiger partial charge in [0, 0.05) is 12.0 Å². The molecule has 22 heavy (non-hydrogen) atoms. The first-order chi connectivity index (χ1) is 10.5. The number of hydrogen-bond donors (Lipinski definition) is 0. The lowest BCUT2D eigenvalue weighted by Gasteiger charge is -2.06. The minimum absolute atomic E-state index is 0.263. The van der Waals surface area contributed by atoms with E-state index in [2.05, 4.69) is 4.98 Å². The molecule has 1 unspecified atom stereocenters. The van der Waals surface area contributed by atoms with Gasteiger partial charge in [0.25, 0.3) is 0 Å². The van der Waals surface area contributed by atoms with Crippen molar-refractivity contribution < 1.29 is 23.5 Å². The second-order valence-electron chi connectivity index (χ2n) is 4.79. The highest BCUT2D eigenvalue weighted by atomic mass is 32.1. The Hall–Kier alpha value is -2.28. The van der Waals surface area contributed by atoms with Crippen molar-refractivity contribution in [1.82, 2.24) is 4.98 Å². The Morgan fingerprint density at radius 3 is 2.77 bits per heavy atom. The molecule has 5 nitrogen and oxygen atoms in total. The van der Waals surface area contributed by atoms with Gasteiger partial charge in [0.15, 0.2) is 0 Å². The average Bonchev–Trinajstić information content (AvgIpc) is 3.06. The van der Waals surface area contributed by atoms with Crippen LogP contribution in [0.2, 0.25) is 0 Å². The molecule has 1 aromatic carbocycles. The van der Waals surface area contributed by atoms with Crippen LogP contribution in [-0.2, 0) is 14.3 Å². The normalized spacial score (nSPS) is 17.4. The lowest BCUT2D eigenvalue weighted by Crippen LogP contribution is -2.22. The topological polar surface area (TPSA) is 65.5 Å². The molecule has 0 aliphatic carbocycles. The molecule has 2 aromatic rings. The van der Waals surface area contributed by atoms with Crippen LogP contribution in [-0.4, -0.2) is 29.6 Å². The fourth-order valence-corrected chi connectivity index (χ4v) is 3.02. The molecule has 3 rings (SSSR count). The second kappa shape index (κ2) is 5.84. The van der Waals surface area contributed by atoms with E-state index in [0.29, 0.717) is 27.6 Å². The quantitative estimate of drug-likeness (QED) is 0.813. The number of nitrogens with zero attached hydrogens (tertiary/aromatic N) is 1. The summed E-state index contributed by atoms with van der Waals surface area (Å²) in [5.74, 6) is -1.45. The summed E-state index contributed by atoms with van der Waals surface area (Å²) in [6.07, 6.45) is -0.476. The van der Waals surface area contributed by atoms with Crippen molar-refractivity contribution in [2.24, 2.45) is 0 Å². The predicted molar refractivity (Wildman–Crippen MR) is 77.0 cm³/mol. The fraction of sp³-hybridized carbons (Fsp3) is 0.267. The van der Waals surface area contributed by atoms with E-state index in [-0.39, 0.29) is 12.4 Å². The first-order valence-electron chi connectivity index (χ1n) is 6.65. The van der Waals surface area contributed by atoms with Crippen LogP contribution in [0.15, 0.2) is 24.3 Å². The molecule has 1 fully saturated rings. The van der Waals surface area contributed by atoms with E-state index in [1.165, 1.54) is 12.1 Å². The number of benzene rings is 1. The van der Waals surface area contributed by atoms with Crippen molar-refractivity contribution in [1.29, 1.82) is 0 Å². The van der Waals surface area contributed by atoms with Gasteiger partial charge in [0.1, 0.15) is 15.7 Å². The fourth-order valence-electron chi connectivity index (χ4n) is 2.07. The summed E-state index contributed by atoms with van der Waals surface area (Å²) in [6.45, 7) is 1.95. The van der Waals surface area contributed by atoms with Crippen LogP contribution in [0.4, 0.5) is 4.39 Å². The van der Waals surface area contributed by atoms with E-state index in [9.17, 15) is 14.0 Å². The van der Waals surface area contributed by atoms with Gasteiger partial charge in [-0.05, 0) is 31.2 Å². The van der Waals surface area contributed by atoms with Gasteiger partial charge < -0.3 is 9.47 Å². The second-order valence-corrected chi connectivity index (χ2v) is 5.79. The standard InChI is InChI=1S/C15H12FNO4S/c1-8-12(15(19)21-11-6-7-20-14(11)18)22-13(17-8)9-2-4-10(16)5-3-9/h2-5,11H,6-7H2,1H3. The summed E-state index contributed by atoms with van der Waals surface area (Å²) in [5, 5.41) is 0.596. The number of carbonyl (C=O) groups is 2. The third-order valence-electron chi connectivity index (χ3n) is 3.21. The van der Waals surface area contributed by atoms with Crippen molar-refractivity contribution in [3.63, 3.8) is 0 Å². The molecule has 0 radical (unpaired) electrons. The van der Waals surface area contributed by atoms with Gasteiger partial charge in [0.2, 0.25) is 6.10 Å².